The molecule has 0 fully saturated rings. The summed E-state index contributed by atoms with van der Waals surface area (Å²) in [5, 5.41) is 19.4. The fourth-order valence-electron chi connectivity index (χ4n) is 2.84. The first-order valence-corrected chi connectivity index (χ1v) is 9.09. The highest BCUT2D eigenvalue weighted by Gasteiger charge is 2.13. The van der Waals surface area contributed by atoms with Crippen LogP contribution in [-0.2, 0) is 6.54 Å². The summed E-state index contributed by atoms with van der Waals surface area (Å²) >= 11 is 1.66. The van der Waals surface area contributed by atoms with Crippen molar-refractivity contribution in [2.45, 2.75) is 6.54 Å². The molecule has 3 aromatic rings. The number of thiophene rings is 1. The third-order valence-corrected chi connectivity index (χ3v) is 4.95. The molecule has 0 bridgehead atoms. The summed E-state index contributed by atoms with van der Waals surface area (Å²) in [6.07, 6.45) is 2.17. The zero-order chi connectivity index (χ0) is 17.1. The highest BCUT2D eigenvalue weighted by atomic mass is 32.1. The molecule has 4 rings (SSSR count). The fraction of sp³-hybridized carbons (Fsp3) is 0.211. The lowest BCUT2D eigenvalue weighted by Crippen LogP contribution is -2.17. The van der Waals surface area contributed by atoms with Gasteiger partial charge in [0.05, 0.1) is 18.0 Å². The van der Waals surface area contributed by atoms with Gasteiger partial charge in [-0.15, -0.1) is 11.3 Å². The minimum atomic E-state index is 0.0550. The predicted octanol–water partition coefficient (Wildman–Crippen LogP) is 3.49. The Morgan fingerprint density at radius 3 is 3.00 bits per heavy atom. The van der Waals surface area contributed by atoms with Crippen LogP contribution in [0.2, 0.25) is 0 Å². The predicted molar refractivity (Wildman–Crippen MR) is 101 cm³/mol. The number of fused-ring (bicyclic) bond motifs is 1. The number of nitrogens with zero attached hydrogens (tertiary/aromatic N) is 2. The van der Waals surface area contributed by atoms with Gasteiger partial charge in [-0.2, -0.15) is 5.10 Å². The molecular formula is C19H19N3O2S. The van der Waals surface area contributed by atoms with E-state index in [4.69, 9.17) is 4.74 Å². The Bertz CT molecular complexity index is 884. The minimum Gasteiger partial charge on any atom is -0.489 e. The Morgan fingerprint density at radius 1 is 1.24 bits per heavy atom. The van der Waals surface area contributed by atoms with Crippen LogP contribution in [0.5, 0.6) is 5.75 Å². The highest BCUT2D eigenvalue weighted by Crippen LogP contribution is 2.28. The molecule has 25 heavy (non-hydrogen) atoms. The van der Waals surface area contributed by atoms with E-state index in [0.717, 1.165) is 27.7 Å². The van der Waals surface area contributed by atoms with Crippen molar-refractivity contribution in [1.29, 1.82) is 0 Å². The van der Waals surface area contributed by atoms with Gasteiger partial charge in [0, 0.05) is 18.2 Å². The number of aromatic nitrogens is 2. The van der Waals surface area contributed by atoms with Crippen LogP contribution in [0.15, 0.2) is 53.4 Å². The molecule has 0 aliphatic carbocycles. The van der Waals surface area contributed by atoms with Gasteiger partial charge < -0.3 is 15.2 Å². The second kappa shape index (κ2) is 7.13. The maximum Gasteiger partial charge on any atom is 0.127 e. The monoisotopic (exact) mass is 353 g/mol. The molecular weight excluding hydrogens is 334 g/mol. The van der Waals surface area contributed by atoms with Crippen molar-refractivity contribution < 1.29 is 9.84 Å². The topological polar surface area (TPSA) is 59.3 Å². The van der Waals surface area contributed by atoms with Crippen LogP contribution in [0.4, 0.5) is 5.82 Å². The Labute approximate surface area is 150 Å². The molecule has 0 amide bonds. The SMILES string of the molecule is OCCn1nc(-c2cccs2)cc1NCC1=Cc2ccccc2OC1. The van der Waals surface area contributed by atoms with Crippen molar-refractivity contribution in [3.8, 4) is 16.3 Å². The first-order chi connectivity index (χ1) is 12.3. The number of aliphatic hydroxyl groups is 1. The first-order valence-electron chi connectivity index (χ1n) is 8.21. The molecule has 0 radical (unpaired) electrons. The summed E-state index contributed by atoms with van der Waals surface area (Å²) in [4.78, 5) is 1.12. The number of rotatable bonds is 6. The van der Waals surface area contributed by atoms with Crippen LogP contribution < -0.4 is 10.1 Å². The number of aliphatic hydroxyl groups excluding tert-OH is 1. The van der Waals surface area contributed by atoms with Crippen molar-refractivity contribution in [2.75, 3.05) is 25.1 Å². The first kappa shape index (κ1) is 15.9. The number of hydrogen-bond acceptors (Lipinski definition) is 5. The zero-order valence-corrected chi connectivity index (χ0v) is 14.5. The molecule has 2 aromatic heterocycles. The highest BCUT2D eigenvalue weighted by molar-refractivity contribution is 7.13. The van der Waals surface area contributed by atoms with E-state index < -0.39 is 0 Å². The zero-order valence-electron chi connectivity index (χ0n) is 13.7. The average Bonchev–Trinajstić information content (AvgIpc) is 3.30. The number of para-hydroxylation sites is 1. The van der Waals surface area contributed by atoms with Gasteiger partial charge in [-0.25, -0.2) is 4.68 Å². The van der Waals surface area contributed by atoms with E-state index >= 15 is 0 Å². The molecule has 0 spiro atoms. The Morgan fingerprint density at radius 2 is 2.16 bits per heavy atom. The van der Waals surface area contributed by atoms with Crippen LogP contribution in [0.25, 0.3) is 16.6 Å². The maximum atomic E-state index is 9.29. The van der Waals surface area contributed by atoms with Gasteiger partial charge in [-0.1, -0.05) is 24.3 Å². The molecule has 1 aromatic carbocycles. The summed E-state index contributed by atoms with van der Waals surface area (Å²) in [5.41, 5.74) is 3.20. The Hall–Kier alpha value is -2.57. The van der Waals surface area contributed by atoms with Crippen molar-refractivity contribution in [2.24, 2.45) is 0 Å². The molecule has 0 unspecified atom stereocenters. The van der Waals surface area contributed by atoms with Gasteiger partial charge >= 0.3 is 0 Å². The van der Waals surface area contributed by atoms with Crippen molar-refractivity contribution in [1.82, 2.24) is 9.78 Å². The second-order valence-corrected chi connectivity index (χ2v) is 6.77. The van der Waals surface area contributed by atoms with E-state index in [1.807, 2.05) is 40.4 Å². The summed E-state index contributed by atoms with van der Waals surface area (Å²) in [6, 6.07) is 14.1. The van der Waals surface area contributed by atoms with Crippen LogP contribution in [-0.4, -0.2) is 34.6 Å². The van der Waals surface area contributed by atoms with Gasteiger partial charge in [0.25, 0.3) is 0 Å². The molecule has 0 atom stereocenters. The number of hydrogen-bond donors (Lipinski definition) is 2. The van der Waals surface area contributed by atoms with E-state index in [0.29, 0.717) is 19.7 Å². The molecule has 0 saturated heterocycles. The van der Waals surface area contributed by atoms with Crippen molar-refractivity contribution in [3.63, 3.8) is 0 Å². The van der Waals surface area contributed by atoms with E-state index in [1.165, 1.54) is 5.57 Å². The standard InChI is InChI=1S/C19H19N3O2S/c23-8-7-22-19(11-16(21-22)18-6-3-9-25-18)20-12-14-10-15-4-1-2-5-17(15)24-13-14/h1-6,9-11,20,23H,7-8,12-13H2. The van der Waals surface area contributed by atoms with Gasteiger partial charge in [0.2, 0.25) is 0 Å². The summed E-state index contributed by atoms with van der Waals surface area (Å²) in [5.74, 6) is 1.83. The largest absolute Gasteiger partial charge is 0.489 e. The smallest absolute Gasteiger partial charge is 0.127 e. The van der Waals surface area contributed by atoms with Crippen LogP contribution in [0, 0.1) is 0 Å². The lowest BCUT2D eigenvalue weighted by molar-refractivity contribution is 0.270. The van der Waals surface area contributed by atoms with Crippen LogP contribution in [0.3, 0.4) is 0 Å². The van der Waals surface area contributed by atoms with Crippen molar-refractivity contribution in [3.05, 3.63) is 59.0 Å². The van der Waals surface area contributed by atoms with E-state index in [9.17, 15) is 5.11 Å². The molecule has 128 valence electrons. The molecule has 0 saturated carbocycles. The maximum absolute atomic E-state index is 9.29. The number of anilines is 1. The van der Waals surface area contributed by atoms with Gasteiger partial charge in [0.15, 0.2) is 0 Å². The summed E-state index contributed by atoms with van der Waals surface area (Å²) < 4.78 is 7.61. The molecule has 1 aliphatic rings. The van der Waals surface area contributed by atoms with Gasteiger partial charge in [-0.05, 0) is 29.2 Å². The number of benzene rings is 1. The third-order valence-electron chi connectivity index (χ3n) is 4.05. The lowest BCUT2D eigenvalue weighted by Gasteiger charge is -2.18. The molecule has 1 aliphatic heterocycles. The molecule has 2 N–H and O–H groups in total. The van der Waals surface area contributed by atoms with E-state index in [2.05, 4.69) is 28.6 Å². The fourth-order valence-corrected chi connectivity index (χ4v) is 3.52. The third kappa shape index (κ3) is 3.45. The second-order valence-electron chi connectivity index (χ2n) is 5.82. The molecule has 5 nitrogen and oxygen atoms in total. The molecule has 6 heteroatoms. The minimum absolute atomic E-state index is 0.0550. The molecule has 3 heterocycles. The average molecular weight is 353 g/mol. The van der Waals surface area contributed by atoms with Crippen LogP contribution in [0.1, 0.15) is 5.56 Å². The Balaban J connectivity index is 1.52. The van der Waals surface area contributed by atoms with Crippen LogP contribution >= 0.6 is 11.3 Å². The van der Waals surface area contributed by atoms with E-state index in [1.54, 1.807) is 11.3 Å². The van der Waals surface area contributed by atoms with Gasteiger partial charge in [-0.3, -0.25) is 0 Å². The Kier molecular flexibility index (Phi) is 4.54. The van der Waals surface area contributed by atoms with Crippen molar-refractivity contribution >= 4 is 23.2 Å². The number of nitrogens with one attached hydrogen (secondary N) is 1. The quantitative estimate of drug-likeness (QED) is 0.712. The van der Waals surface area contributed by atoms with E-state index in [-0.39, 0.29) is 6.61 Å². The lowest BCUT2D eigenvalue weighted by atomic mass is 10.1. The summed E-state index contributed by atoms with van der Waals surface area (Å²) in [7, 11) is 0. The normalized spacial score (nSPS) is 13.1. The van der Waals surface area contributed by atoms with Gasteiger partial charge in [0.1, 0.15) is 23.9 Å². The summed E-state index contributed by atoms with van der Waals surface area (Å²) in [6.45, 7) is 1.77. The number of ether oxygens (including phenoxy) is 1.